The molecule has 0 fully saturated rings. The fourth-order valence-corrected chi connectivity index (χ4v) is 1.27. The van der Waals surface area contributed by atoms with E-state index in [0.717, 1.165) is 5.56 Å². The second kappa shape index (κ2) is 3.23. The first-order valence-electron chi connectivity index (χ1n) is 4.03. The van der Waals surface area contributed by atoms with Gasteiger partial charge in [0.1, 0.15) is 5.67 Å². The van der Waals surface area contributed by atoms with Gasteiger partial charge in [0.05, 0.1) is 0 Å². The van der Waals surface area contributed by atoms with Crippen molar-refractivity contribution in [3.8, 4) is 0 Å². The fraction of sp³-hybridized carbons (Fsp3) is 0.400. The summed E-state index contributed by atoms with van der Waals surface area (Å²) in [6, 6.07) is 7.40. The Morgan fingerprint density at radius 2 is 2.00 bits per heavy atom. The first-order chi connectivity index (χ1) is 5.58. The van der Waals surface area contributed by atoms with Gasteiger partial charge in [0.25, 0.3) is 0 Å². The first kappa shape index (κ1) is 9.20. The zero-order valence-electron chi connectivity index (χ0n) is 7.47. The standard InChI is InChI=1S/C10H14FN/c1-8-5-3-4-6-9(8)10(2,11)7-12/h3-6H,7,12H2,1-2H3. The lowest BCUT2D eigenvalue weighted by Gasteiger charge is -2.20. The molecule has 0 amide bonds. The van der Waals surface area contributed by atoms with Crippen molar-refractivity contribution in [3.05, 3.63) is 35.4 Å². The number of rotatable bonds is 2. The molecule has 0 aliphatic carbocycles. The predicted molar refractivity (Wildman–Crippen MR) is 48.7 cm³/mol. The monoisotopic (exact) mass is 167 g/mol. The molecule has 0 spiro atoms. The molecule has 0 aliphatic rings. The molecule has 0 aromatic heterocycles. The summed E-state index contributed by atoms with van der Waals surface area (Å²) < 4.78 is 13.7. The topological polar surface area (TPSA) is 26.0 Å². The van der Waals surface area contributed by atoms with Crippen molar-refractivity contribution in [2.24, 2.45) is 5.73 Å². The highest BCUT2D eigenvalue weighted by molar-refractivity contribution is 5.30. The molecule has 0 aliphatic heterocycles. The summed E-state index contributed by atoms with van der Waals surface area (Å²) in [6.07, 6.45) is 0. The molecular weight excluding hydrogens is 153 g/mol. The molecule has 66 valence electrons. The molecule has 2 N–H and O–H groups in total. The maximum Gasteiger partial charge on any atom is 0.145 e. The van der Waals surface area contributed by atoms with E-state index >= 15 is 0 Å². The lowest BCUT2D eigenvalue weighted by atomic mass is 9.94. The quantitative estimate of drug-likeness (QED) is 0.717. The molecule has 1 nitrogen and oxygen atoms in total. The largest absolute Gasteiger partial charge is 0.327 e. The normalized spacial score (nSPS) is 15.7. The smallest absolute Gasteiger partial charge is 0.145 e. The van der Waals surface area contributed by atoms with E-state index in [0.29, 0.717) is 5.56 Å². The Kier molecular flexibility index (Phi) is 2.48. The summed E-state index contributed by atoms with van der Waals surface area (Å²) >= 11 is 0. The minimum atomic E-state index is -1.40. The van der Waals surface area contributed by atoms with Gasteiger partial charge < -0.3 is 5.73 Å². The molecule has 2 heteroatoms. The summed E-state index contributed by atoms with van der Waals surface area (Å²) in [5, 5.41) is 0. The van der Waals surface area contributed by atoms with Crippen LogP contribution in [0.1, 0.15) is 18.1 Å². The molecule has 1 aromatic carbocycles. The summed E-state index contributed by atoms with van der Waals surface area (Å²) in [5.74, 6) is 0. The molecule has 1 aromatic rings. The summed E-state index contributed by atoms with van der Waals surface area (Å²) in [6.45, 7) is 3.43. The SMILES string of the molecule is Cc1ccccc1C(C)(F)CN. The van der Waals surface area contributed by atoms with E-state index in [4.69, 9.17) is 5.73 Å². The zero-order chi connectivity index (χ0) is 9.19. The van der Waals surface area contributed by atoms with Crippen molar-refractivity contribution in [2.45, 2.75) is 19.5 Å². The third kappa shape index (κ3) is 1.64. The Balaban J connectivity index is 3.10. The van der Waals surface area contributed by atoms with Crippen molar-refractivity contribution < 1.29 is 4.39 Å². The highest BCUT2D eigenvalue weighted by Crippen LogP contribution is 2.26. The van der Waals surface area contributed by atoms with Gasteiger partial charge in [-0.3, -0.25) is 0 Å². The molecule has 1 unspecified atom stereocenters. The van der Waals surface area contributed by atoms with Crippen LogP contribution in [0.25, 0.3) is 0 Å². The van der Waals surface area contributed by atoms with Crippen LogP contribution in [0, 0.1) is 6.92 Å². The van der Waals surface area contributed by atoms with Crippen LogP contribution in [0.5, 0.6) is 0 Å². The van der Waals surface area contributed by atoms with Crippen LogP contribution >= 0.6 is 0 Å². The second-order valence-corrected chi connectivity index (χ2v) is 3.22. The molecule has 1 rings (SSSR count). The third-order valence-electron chi connectivity index (χ3n) is 2.09. The van der Waals surface area contributed by atoms with Crippen LogP contribution < -0.4 is 5.73 Å². The van der Waals surface area contributed by atoms with Crippen molar-refractivity contribution in [1.29, 1.82) is 0 Å². The third-order valence-corrected chi connectivity index (χ3v) is 2.09. The van der Waals surface area contributed by atoms with Gasteiger partial charge in [-0.15, -0.1) is 0 Å². The minimum absolute atomic E-state index is 0.0256. The highest BCUT2D eigenvalue weighted by Gasteiger charge is 2.24. The summed E-state index contributed by atoms with van der Waals surface area (Å²) in [5.41, 5.74) is 5.57. The molecule has 0 heterocycles. The number of nitrogens with two attached hydrogens (primary N) is 1. The van der Waals surface area contributed by atoms with Gasteiger partial charge in [0.2, 0.25) is 0 Å². The van der Waals surface area contributed by atoms with E-state index in [1.807, 2.05) is 25.1 Å². The van der Waals surface area contributed by atoms with Crippen molar-refractivity contribution in [3.63, 3.8) is 0 Å². The zero-order valence-corrected chi connectivity index (χ0v) is 7.47. The number of alkyl halides is 1. The Bertz CT molecular complexity index is 268. The highest BCUT2D eigenvalue weighted by atomic mass is 19.1. The molecule has 0 saturated heterocycles. The van der Waals surface area contributed by atoms with E-state index in [9.17, 15) is 4.39 Å². The second-order valence-electron chi connectivity index (χ2n) is 3.22. The minimum Gasteiger partial charge on any atom is -0.327 e. The Hall–Kier alpha value is -0.890. The van der Waals surface area contributed by atoms with E-state index in [2.05, 4.69) is 0 Å². The maximum absolute atomic E-state index is 13.7. The maximum atomic E-state index is 13.7. The average molecular weight is 167 g/mol. The number of hydrogen-bond donors (Lipinski definition) is 1. The van der Waals surface area contributed by atoms with Crippen LogP contribution in [0.2, 0.25) is 0 Å². The van der Waals surface area contributed by atoms with Crippen LogP contribution in [0.4, 0.5) is 4.39 Å². The van der Waals surface area contributed by atoms with Crippen LogP contribution in [0.3, 0.4) is 0 Å². The molecule has 0 radical (unpaired) electrons. The molecule has 0 bridgehead atoms. The molecule has 12 heavy (non-hydrogen) atoms. The van der Waals surface area contributed by atoms with E-state index < -0.39 is 5.67 Å². The Morgan fingerprint density at radius 1 is 1.42 bits per heavy atom. The van der Waals surface area contributed by atoms with Crippen LogP contribution in [-0.4, -0.2) is 6.54 Å². The summed E-state index contributed by atoms with van der Waals surface area (Å²) in [4.78, 5) is 0. The number of halogens is 1. The Morgan fingerprint density at radius 3 is 2.50 bits per heavy atom. The van der Waals surface area contributed by atoms with Crippen molar-refractivity contribution >= 4 is 0 Å². The van der Waals surface area contributed by atoms with Gasteiger partial charge in [-0.25, -0.2) is 4.39 Å². The van der Waals surface area contributed by atoms with Crippen LogP contribution in [0.15, 0.2) is 24.3 Å². The first-order valence-corrected chi connectivity index (χ1v) is 4.03. The van der Waals surface area contributed by atoms with Gasteiger partial charge in [-0.2, -0.15) is 0 Å². The van der Waals surface area contributed by atoms with Gasteiger partial charge in [-0.1, -0.05) is 24.3 Å². The lowest BCUT2D eigenvalue weighted by molar-refractivity contribution is 0.202. The number of benzene rings is 1. The number of aryl methyl sites for hydroxylation is 1. The van der Waals surface area contributed by atoms with Crippen molar-refractivity contribution in [2.75, 3.05) is 6.54 Å². The molecule has 0 saturated carbocycles. The van der Waals surface area contributed by atoms with Gasteiger partial charge in [0.15, 0.2) is 0 Å². The van der Waals surface area contributed by atoms with Gasteiger partial charge in [0, 0.05) is 6.54 Å². The van der Waals surface area contributed by atoms with E-state index in [-0.39, 0.29) is 6.54 Å². The lowest BCUT2D eigenvalue weighted by Crippen LogP contribution is -2.27. The molecule has 1 atom stereocenters. The van der Waals surface area contributed by atoms with E-state index in [1.165, 1.54) is 6.92 Å². The molecular formula is C10H14FN. The van der Waals surface area contributed by atoms with Gasteiger partial charge >= 0.3 is 0 Å². The Labute approximate surface area is 72.4 Å². The number of hydrogen-bond acceptors (Lipinski definition) is 1. The average Bonchev–Trinajstić information content (AvgIpc) is 2.05. The van der Waals surface area contributed by atoms with Crippen LogP contribution in [-0.2, 0) is 5.67 Å². The predicted octanol–water partition coefficient (Wildman–Crippen LogP) is 2.14. The van der Waals surface area contributed by atoms with Gasteiger partial charge in [-0.05, 0) is 25.0 Å². The summed E-state index contributed by atoms with van der Waals surface area (Å²) in [7, 11) is 0. The van der Waals surface area contributed by atoms with Crippen molar-refractivity contribution in [1.82, 2.24) is 0 Å². The van der Waals surface area contributed by atoms with E-state index in [1.54, 1.807) is 6.07 Å². The fourth-order valence-electron chi connectivity index (χ4n) is 1.27.